The van der Waals surface area contributed by atoms with Crippen LogP contribution in [0.1, 0.15) is 44.2 Å². The third kappa shape index (κ3) is 5.67. The summed E-state index contributed by atoms with van der Waals surface area (Å²) in [4.78, 5) is 14.9. The molecule has 0 aliphatic carbocycles. The first-order chi connectivity index (χ1) is 13.9. The van der Waals surface area contributed by atoms with E-state index in [0.717, 1.165) is 17.3 Å². The van der Waals surface area contributed by atoms with E-state index in [0.29, 0.717) is 19.0 Å². The Bertz CT molecular complexity index is 919. The fraction of sp³-hybridized carbons (Fsp3) is 0.417. The van der Waals surface area contributed by atoms with Gasteiger partial charge >= 0.3 is 0 Å². The van der Waals surface area contributed by atoms with Crippen LogP contribution < -0.4 is 5.32 Å². The lowest BCUT2D eigenvalue weighted by Gasteiger charge is -2.32. The number of likely N-dealkylation sites (N-methyl/N-ethyl adjacent to an activating group) is 1. The molecule has 1 amide bonds. The predicted octanol–water partition coefficient (Wildman–Crippen LogP) is 4.12. The molecular weight excluding hydrogens is 360 g/mol. The molecule has 0 bridgehead atoms. The molecule has 0 saturated carbocycles. The zero-order valence-corrected chi connectivity index (χ0v) is 17.9. The molecule has 29 heavy (non-hydrogen) atoms. The van der Waals surface area contributed by atoms with Gasteiger partial charge in [-0.1, -0.05) is 43.3 Å². The van der Waals surface area contributed by atoms with Crippen molar-refractivity contribution < 1.29 is 4.79 Å². The lowest BCUT2D eigenvalue weighted by Crippen LogP contribution is -2.46. The van der Waals surface area contributed by atoms with E-state index < -0.39 is 0 Å². The normalized spacial score (nSPS) is 13.7. The van der Waals surface area contributed by atoms with Crippen LogP contribution >= 0.6 is 0 Å². The quantitative estimate of drug-likeness (QED) is 0.576. The van der Waals surface area contributed by atoms with E-state index in [9.17, 15) is 4.79 Å². The maximum Gasteiger partial charge on any atom is 0.220 e. The molecule has 1 aromatic heterocycles. The summed E-state index contributed by atoms with van der Waals surface area (Å²) < 4.78 is 0. The Morgan fingerprint density at radius 3 is 2.62 bits per heavy atom. The second-order valence-electron chi connectivity index (χ2n) is 8.23. The van der Waals surface area contributed by atoms with Gasteiger partial charge in [-0.2, -0.15) is 5.10 Å². The number of rotatable bonds is 9. The van der Waals surface area contributed by atoms with Gasteiger partial charge in [0.05, 0.1) is 11.7 Å². The van der Waals surface area contributed by atoms with E-state index >= 15 is 0 Å². The first-order valence-corrected chi connectivity index (χ1v) is 10.4. The minimum Gasteiger partial charge on any atom is -0.355 e. The van der Waals surface area contributed by atoms with Crippen LogP contribution in [0.15, 0.2) is 54.7 Å². The fourth-order valence-corrected chi connectivity index (χ4v) is 3.65. The lowest BCUT2D eigenvalue weighted by molar-refractivity contribution is -0.121. The van der Waals surface area contributed by atoms with Gasteiger partial charge in [0.15, 0.2) is 0 Å². The second-order valence-corrected chi connectivity index (χ2v) is 8.23. The number of nitrogens with zero attached hydrogens (tertiary/aromatic N) is 2. The molecule has 0 saturated heterocycles. The largest absolute Gasteiger partial charge is 0.355 e. The summed E-state index contributed by atoms with van der Waals surface area (Å²) in [7, 11) is 2.13. The molecule has 154 valence electrons. The highest BCUT2D eigenvalue weighted by atomic mass is 16.1. The third-order valence-electron chi connectivity index (χ3n) is 5.76. The summed E-state index contributed by atoms with van der Waals surface area (Å²) >= 11 is 0. The maximum atomic E-state index is 12.6. The van der Waals surface area contributed by atoms with E-state index in [2.05, 4.69) is 78.6 Å². The van der Waals surface area contributed by atoms with Crippen LogP contribution in [0, 0.1) is 0 Å². The number of aromatic nitrogens is 2. The molecule has 2 atom stereocenters. The second kappa shape index (κ2) is 9.70. The lowest BCUT2D eigenvalue weighted by atomic mass is 9.97. The first-order valence-electron chi connectivity index (χ1n) is 10.4. The summed E-state index contributed by atoms with van der Waals surface area (Å²) in [5.74, 6) is 0.315. The minimum atomic E-state index is 0.105. The van der Waals surface area contributed by atoms with Crippen molar-refractivity contribution in [3.05, 3.63) is 65.9 Å². The number of nitrogens with one attached hydrogen (secondary N) is 2. The van der Waals surface area contributed by atoms with Crippen molar-refractivity contribution in [2.75, 3.05) is 13.6 Å². The van der Waals surface area contributed by atoms with Gasteiger partial charge < -0.3 is 5.32 Å². The standard InChI is InChI=1S/C24H32N4O/c1-17(2)28(4)22(14-19-10-11-23-21(13-19)15-26-27-23)16-25-24(29)12-18(3)20-8-6-5-7-9-20/h5-11,13,15,17-18,22H,12,14,16H2,1-4H3,(H,25,29)(H,26,27). The van der Waals surface area contributed by atoms with Gasteiger partial charge in [-0.25, -0.2) is 0 Å². The highest BCUT2D eigenvalue weighted by Gasteiger charge is 2.20. The molecule has 3 rings (SSSR count). The SMILES string of the molecule is CC(CC(=O)NCC(Cc1ccc2[nH]ncc2c1)N(C)C(C)C)c1ccccc1. The van der Waals surface area contributed by atoms with Crippen LogP contribution in [0.3, 0.4) is 0 Å². The molecule has 0 aliphatic rings. The number of H-pyrrole nitrogens is 1. The average Bonchev–Trinajstić information content (AvgIpc) is 3.19. The summed E-state index contributed by atoms with van der Waals surface area (Å²) in [5.41, 5.74) is 3.50. The Kier molecular flexibility index (Phi) is 7.04. The van der Waals surface area contributed by atoms with Gasteiger partial charge in [-0.05, 0) is 56.5 Å². The van der Waals surface area contributed by atoms with Crippen LogP contribution in [0.2, 0.25) is 0 Å². The molecule has 0 fully saturated rings. The molecule has 1 heterocycles. The van der Waals surface area contributed by atoms with Gasteiger partial charge in [0.1, 0.15) is 0 Å². The predicted molar refractivity (Wildman–Crippen MR) is 119 cm³/mol. The summed E-state index contributed by atoms with van der Waals surface area (Å²) in [5, 5.41) is 11.4. The van der Waals surface area contributed by atoms with Gasteiger partial charge in [0.2, 0.25) is 5.91 Å². The van der Waals surface area contributed by atoms with Crippen molar-refractivity contribution in [2.24, 2.45) is 0 Å². The Balaban J connectivity index is 1.61. The minimum absolute atomic E-state index is 0.105. The smallest absolute Gasteiger partial charge is 0.220 e. The highest BCUT2D eigenvalue weighted by Crippen LogP contribution is 2.19. The summed E-state index contributed by atoms with van der Waals surface area (Å²) in [6.07, 6.45) is 3.24. The Labute approximate surface area is 173 Å². The van der Waals surface area contributed by atoms with E-state index in [-0.39, 0.29) is 17.9 Å². The Hall–Kier alpha value is -2.66. The van der Waals surface area contributed by atoms with Crippen molar-refractivity contribution >= 4 is 16.8 Å². The molecule has 0 aliphatic heterocycles. The fourth-order valence-electron chi connectivity index (χ4n) is 3.65. The van der Waals surface area contributed by atoms with E-state index in [4.69, 9.17) is 0 Å². The topological polar surface area (TPSA) is 61.0 Å². The van der Waals surface area contributed by atoms with Gasteiger partial charge in [0, 0.05) is 30.4 Å². The van der Waals surface area contributed by atoms with Gasteiger partial charge in [-0.15, -0.1) is 0 Å². The van der Waals surface area contributed by atoms with Gasteiger partial charge in [-0.3, -0.25) is 14.8 Å². The zero-order valence-electron chi connectivity index (χ0n) is 17.9. The Morgan fingerprint density at radius 2 is 1.90 bits per heavy atom. The van der Waals surface area contributed by atoms with E-state index in [1.165, 1.54) is 11.1 Å². The summed E-state index contributed by atoms with van der Waals surface area (Å²) in [6, 6.07) is 17.2. The average molecular weight is 393 g/mol. The van der Waals surface area contributed by atoms with Crippen LogP contribution in [0.25, 0.3) is 10.9 Å². The molecule has 5 heteroatoms. The molecule has 0 radical (unpaired) electrons. The number of hydrogen-bond acceptors (Lipinski definition) is 3. The van der Waals surface area contributed by atoms with Crippen molar-refractivity contribution in [1.29, 1.82) is 0 Å². The van der Waals surface area contributed by atoms with E-state index in [1.807, 2.05) is 24.4 Å². The van der Waals surface area contributed by atoms with Crippen LogP contribution in [0.4, 0.5) is 0 Å². The van der Waals surface area contributed by atoms with Crippen LogP contribution in [0.5, 0.6) is 0 Å². The number of aromatic amines is 1. The summed E-state index contributed by atoms with van der Waals surface area (Å²) in [6.45, 7) is 7.11. The first kappa shape index (κ1) is 21.1. The number of fused-ring (bicyclic) bond motifs is 1. The third-order valence-corrected chi connectivity index (χ3v) is 5.76. The van der Waals surface area contributed by atoms with Crippen molar-refractivity contribution in [3.63, 3.8) is 0 Å². The number of carbonyl (C=O) groups is 1. The van der Waals surface area contributed by atoms with E-state index in [1.54, 1.807) is 0 Å². The molecule has 2 aromatic carbocycles. The van der Waals surface area contributed by atoms with Crippen LogP contribution in [-0.4, -0.2) is 46.7 Å². The van der Waals surface area contributed by atoms with Crippen molar-refractivity contribution in [3.8, 4) is 0 Å². The highest BCUT2D eigenvalue weighted by molar-refractivity contribution is 5.78. The van der Waals surface area contributed by atoms with Gasteiger partial charge in [0.25, 0.3) is 0 Å². The zero-order chi connectivity index (χ0) is 20.8. The van der Waals surface area contributed by atoms with Crippen molar-refractivity contribution in [2.45, 2.75) is 51.6 Å². The number of hydrogen-bond donors (Lipinski definition) is 2. The molecule has 5 nitrogen and oxygen atoms in total. The monoisotopic (exact) mass is 392 g/mol. The Morgan fingerprint density at radius 1 is 1.14 bits per heavy atom. The molecule has 3 aromatic rings. The number of amides is 1. The number of carbonyl (C=O) groups excluding carboxylic acids is 1. The molecule has 0 spiro atoms. The van der Waals surface area contributed by atoms with Crippen LogP contribution in [-0.2, 0) is 11.2 Å². The maximum absolute atomic E-state index is 12.6. The molecule has 2 N–H and O–H groups in total. The molecular formula is C24H32N4O. The van der Waals surface area contributed by atoms with Crippen molar-refractivity contribution in [1.82, 2.24) is 20.4 Å². The number of benzene rings is 2. The molecule has 2 unspecified atom stereocenters.